The van der Waals surface area contributed by atoms with Crippen molar-refractivity contribution in [1.82, 2.24) is 10.6 Å². The van der Waals surface area contributed by atoms with E-state index >= 15 is 0 Å². The Hall–Kier alpha value is -2.63. The molecule has 0 radical (unpaired) electrons. The Labute approximate surface area is 208 Å². The first-order valence-corrected chi connectivity index (χ1v) is 13.5. The number of carbonyl (C=O) groups excluding carboxylic acids is 3. The quantitative estimate of drug-likeness (QED) is 0.392. The third kappa shape index (κ3) is 4.41. The number of Topliss-reactive ketones (excluding diaryl/α,β-unsaturated/α-hetero) is 1. The van der Waals surface area contributed by atoms with Crippen LogP contribution < -0.4 is 10.6 Å². The Kier molecular flexibility index (Phi) is 6.73. The standard InChI is InChI=1S/C29H38N2O4/c1-3-18-16(2)14-22-20(18)10-11-21-19-6-4-8-26(33)30-13-5-7-24-28(34)27(29(35)31-24)25(32)12-9-17(19)15-23(21)22/h4,8-12,16-24,32H,3,5-7,13-15H2,1-2H3,(H,30,33)(H,31,35)/b8-4-,12-9-,27-25?. The van der Waals surface area contributed by atoms with Gasteiger partial charge in [0.15, 0.2) is 5.78 Å². The summed E-state index contributed by atoms with van der Waals surface area (Å²) >= 11 is 0. The zero-order valence-electron chi connectivity index (χ0n) is 20.8. The van der Waals surface area contributed by atoms with Crippen molar-refractivity contribution in [1.29, 1.82) is 0 Å². The van der Waals surface area contributed by atoms with Gasteiger partial charge in [-0.05, 0) is 91.6 Å². The summed E-state index contributed by atoms with van der Waals surface area (Å²) in [5.41, 5.74) is -0.135. The highest BCUT2D eigenvalue weighted by Gasteiger charge is 2.52. The molecular weight excluding hydrogens is 440 g/mol. The summed E-state index contributed by atoms with van der Waals surface area (Å²) in [4.78, 5) is 37.6. The number of carbonyl (C=O) groups is 3. The number of aliphatic hydroxyl groups is 1. The van der Waals surface area contributed by atoms with E-state index in [0.717, 1.165) is 24.7 Å². The molecule has 6 nitrogen and oxygen atoms in total. The average molecular weight is 479 g/mol. The fourth-order valence-electron chi connectivity index (χ4n) is 7.92. The molecule has 0 aromatic heterocycles. The van der Waals surface area contributed by atoms with Crippen LogP contribution in [0.3, 0.4) is 0 Å². The molecule has 3 fully saturated rings. The lowest BCUT2D eigenvalue weighted by Crippen LogP contribution is -2.31. The van der Waals surface area contributed by atoms with E-state index in [1.807, 2.05) is 12.2 Å². The van der Waals surface area contributed by atoms with Crippen LogP contribution in [0.15, 0.2) is 47.8 Å². The molecule has 2 amide bonds. The van der Waals surface area contributed by atoms with Gasteiger partial charge in [0.25, 0.3) is 5.91 Å². The molecule has 0 spiro atoms. The third-order valence-corrected chi connectivity index (χ3v) is 9.52. The lowest BCUT2D eigenvalue weighted by Gasteiger charge is -2.35. The second-order valence-electron chi connectivity index (χ2n) is 11.3. The highest BCUT2D eigenvalue weighted by atomic mass is 16.3. The lowest BCUT2D eigenvalue weighted by molar-refractivity contribution is -0.118. The van der Waals surface area contributed by atoms with Crippen LogP contribution in [0.25, 0.3) is 0 Å². The maximum atomic E-state index is 12.8. The van der Waals surface area contributed by atoms with Gasteiger partial charge in [0.2, 0.25) is 5.91 Å². The highest BCUT2D eigenvalue weighted by molar-refractivity contribution is 6.27. The molecule has 2 saturated carbocycles. The van der Waals surface area contributed by atoms with Crippen molar-refractivity contribution < 1.29 is 19.5 Å². The molecule has 2 heterocycles. The minimum atomic E-state index is -0.645. The van der Waals surface area contributed by atoms with E-state index in [4.69, 9.17) is 0 Å². The number of rotatable bonds is 1. The predicted molar refractivity (Wildman–Crippen MR) is 134 cm³/mol. The van der Waals surface area contributed by atoms with Crippen LogP contribution >= 0.6 is 0 Å². The first-order chi connectivity index (χ1) is 16.9. The summed E-state index contributed by atoms with van der Waals surface area (Å²) in [5, 5.41) is 16.3. The maximum Gasteiger partial charge on any atom is 0.259 e. The van der Waals surface area contributed by atoms with Crippen molar-refractivity contribution in [3.63, 3.8) is 0 Å². The van der Waals surface area contributed by atoms with Gasteiger partial charge in [0.1, 0.15) is 11.3 Å². The molecule has 2 bridgehead atoms. The molecule has 2 aliphatic heterocycles. The lowest BCUT2D eigenvalue weighted by atomic mass is 9.69. The van der Waals surface area contributed by atoms with Gasteiger partial charge in [0, 0.05) is 6.54 Å². The Morgan fingerprint density at radius 1 is 1.00 bits per heavy atom. The zero-order valence-corrected chi connectivity index (χ0v) is 20.8. The highest BCUT2D eigenvalue weighted by Crippen LogP contribution is 2.59. The molecule has 9 unspecified atom stereocenters. The van der Waals surface area contributed by atoms with Gasteiger partial charge in [-0.25, -0.2) is 0 Å². The minimum absolute atomic E-state index is 0.117. The van der Waals surface area contributed by atoms with Crippen LogP contribution in [0.2, 0.25) is 0 Å². The van der Waals surface area contributed by atoms with E-state index in [1.165, 1.54) is 12.8 Å². The number of amides is 2. The molecule has 3 N–H and O–H groups in total. The van der Waals surface area contributed by atoms with E-state index in [9.17, 15) is 19.5 Å². The normalized spacial score (nSPS) is 43.3. The Balaban J connectivity index is 1.46. The number of nitrogens with one attached hydrogen (secondary N) is 2. The second kappa shape index (κ2) is 9.79. The summed E-state index contributed by atoms with van der Waals surface area (Å²) < 4.78 is 0. The molecule has 5 aliphatic rings. The topological polar surface area (TPSA) is 95.5 Å². The van der Waals surface area contributed by atoms with Gasteiger partial charge in [-0.15, -0.1) is 0 Å². The van der Waals surface area contributed by atoms with Gasteiger partial charge >= 0.3 is 0 Å². The summed E-state index contributed by atoms with van der Waals surface area (Å²) in [7, 11) is 0. The molecule has 9 atom stereocenters. The summed E-state index contributed by atoms with van der Waals surface area (Å²) in [6, 6.07) is -0.645. The second-order valence-corrected chi connectivity index (χ2v) is 11.3. The Morgan fingerprint density at radius 2 is 1.77 bits per heavy atom. The van der Waals surface area contributed by atoms with E-state index in [2.05, 4.69) is 36.6 Å². The monoisotopic (exact) mass is 478 g/mol. The predicted octanol–water partition coefficient (Wildman–Crippen LogP) is 4.02. The van der Waals surface area contributed by atoms with Crippen molar-refractivity contribution in [3.8, 4) is 0 Å². The van der Waals surface area contributed by atoms with Gasteiger partial charge in [0.05, 0.1) is 6.04 Å². The molecule has 5 rings (SSSR count). The molecule has 0 aromatic carbocycles. The van der Waals surface area contributed by atoms with Crippen LogP contribution in [-0.2, 0) is 14.4 Å². The Bertz CT molecular complexity index is 1010. The van der Waals surface area contributed by atoms with Crippen LogP contribution in [0.1, 0.15) is 52.4 Å². The van der Waals surface area contributed by atoms with E-state index in [0.29, 0.717) is 49.0 Å². The van der Waals surface area contributed by atoms with Gasteiger partial charge in [-0.1, -0.05) is 44.6 Å². The fourth-order valence-corrected chi connectivity index (χ4v) is 7.92. The molecule has 0 aromatic rings. The number of hydrogen-bond acceptors (Lipinski definition) is 4. The van der Waals surface area contributed by atoms with Crippen LogP contribution in [0, 0.1) is 47.3 Å². The molecule has 35 heavy (non-hydrogen) atoms. The molecule has 3 aliphatic carbocycles. The Morgan fingerprint density at radius 3 is 2.57 bits per heavy atom. The molecule has 1 saturated heterocycles. The number of fused-ring (bicyclic) bond motifs is 7. The van der Waals surface area contributed by atoms with E-state index < -0.39 is 11.9 Å². The number of ketones is 1. The minimum Gasteiger partial charge on any atom is -0.507 e. The van der Waals surface area contributed by atoms with Crippen molar-refractivity contribution >= 4 is 17.6 Å². The maximum absolute atomic E-state index is 12.8. The number of aliphatic hydroxyl groups excluding tert-OH is 1. The summed E-state index contributed by atoms with van der Waals surface area (Å²) in [6.07, 6.45) is 17.4. The van der Waals surface area contributed by atoms with Crippen molar-refractivity contribution in [2.75, 3.05) is 6.54 Å². The van der Waals surface area contributed by atoms with E-state index in [-0.39, 0.29) is 28.9 Å². The van der Waals surface area contributed by atoms with Crippen molar-refractivity contribution in [3.05, 3.63) is 47.8 Å². The third-order valence-electron chi connectivity index (χ3n) is 9.52. The fraction of sp³-hybridized carbons (Fsp3) is 0.621. The van der Waals surface area contributed by atoms with Crippen molar-refractivity contribution in [2.45, 2.75) is 58.4 Å². The number of hydrogen-bond donors (Lipinski definition) is 3. The summed E-state index contributed by atoms with van der Waals surface area (Å²) in [5.74, 6) is 3.16. The van der Waals surface area contributed by atoms with Crippen LogP contribution in [0.5, 0.6) is 0 Å². The van der Waals surface area contributed by atoms with Crippen LogP contribution in [-0.4, -0.2) is 35.3 Å². The SMILES string of the molecule is CCC1C(C)CC2C1C=CC1C3C/C=C\C(=O)NCCCC4NC(=O)C(=C(O)/C=C\C3CC12)C4=O. The average Bonchev–Trinajstić information content (AvgIpc) is 3.44. The zero-order chi connectivity index (χ0) is 24.7. The largest absolute Gasteiger partial charge is 0.507 e. The van der Waals surface area contributed by atoms with Crippen molar-refractivity contribution in [2.24, 2.45) is 47.3 Å². The summed E-state index contributed by atoms with van der Waals surface area (Å²) in [6.45, 7) is 5.14. The van der Waals surface area contributed by atoms with Crippen LogP contribution in [0.4, 0.5) is 0 Å². The van der Waals surface area contributed by atoms with Gasteiger partial charge in [-0.3, -0.25) is 14.4 Å². The first-order valence-electron chi connectivity index (χ1n) is 13.5. The smallest absolute Gasteiger partial charge is 0.259 e. The molecule has 6 heteroatoms. The van der Waals surface area contributed by atoms with Gasteiger partial charge in [-0.2, -0.15) is 0 Å². The number of allylic oxidation sites excluding steroid dienone is 5. The van der Waals surface area contributed by atoms with E-state index in [1.54, 1.807) is 12.2 Å². The molecule has 188 valence electrons. The van der Waals surface area contributed by atoms with Gasteiger partial charge < -0.3 is 15.7 Å². The molecular formula is C29H38N2O4. The first kappa shape index (κ1) is 24.1.